The van der Waals surface area contributed by atoms with Crippen LogP contribution in [0.2, 0.25) is 0 Å². The number of benzene rings is 2. The van der Waals surface area contributed by atoms with E-state index in [1.807, 2.05) is 75.5 Å². The maximum absolute atomic E-state index is 13.8. The second-order valence-electron chi connectivity index (χ2n) is 8.77. The summed E-state index contributed by atoms with van der Waals surface area (Å²) in [5.74, 6) is -1.11. The normalized spacial score (nSPS) is 13.0. The third kappa shape index (κ3) is 4.81. The summed E-state index contributed by atoms with van der Waals surface area (Å²) in [7, 11) is -2.21. The SMILES string of the molecule is COP(=O)(Nc1cc(-c2ccc(-c3cc4nc(C)ccn4n3)cc2)sc1C(=O)O)c1ccc(C)cc1C. The average Bonchev–Trinajstić information content (AvgIpc) is 3.48. The van der Waals surface area contributed by atoms with Crippen LogP contribution in [0.4, 0.5) is 5.69 Å². The summed E-state index contributed by atoms with van der Waals surface area (Å²) in [5, 5.41) is 17.9. The van der Waals surface area contributed by atoms with E-state index in [0.717, 1.165) is 55.5 Å². The monoisotopic (exact) mass is 532 g/mol. The number of thiophene rings is 1. The lowest BCUT2D eigenvalue weighted by Gasteiger charge is -2.20. The molecule has 188 valence electrons. The second-order valence-corrected chi connectivity index (χ2v) is 12.0. The highest BCUT2D eigenvalue weighted by Gasteiger charge is 2.30. The Morgan fingerprint density at radius 1 is 1.03 bits per heavy atom. The highest BCUT2D eigenvalue weighted by atomic mass is 32.1. The van der Waals surface area contributed by atoms with E-state index in [1.165, 1.54) is 7.11 Å². The highest BCUT2D eigenvalue weighted by molar-refractivity contribution is 7.68. The first-order chi connectivity index (χ1) is 17.7. The topological polar surface area (TPSA) is 106 Å². The molecule has 1 unspecified atom stereocenters. The molecule has 5 aromatic rings. The number of aromatic nitrogens is 3. The molecule has 0 spiro atoms. The average molecular weight is 533 g/mol. The van der Waals surface area contributed by atoms with Gasteiger partial charge in [0.2, 0.25) is 0 Å². The lowest BCUT2D eigenvalue weighted by Crippen LogP contribution is -2.17. The molecule has 0 amide bonds. The molecule has 0 aliphatic heterocycles. The van der Waals surface area contributed by atoms with Gasteiger partial charge in [0.15, 0.2) is 5.65 Å². The van der Waals surface area contributed by atoms with Crippen molar-refractivity contribution in [2.75, 3.05) is 12.2 Å². The van der Waals surface area contributed by atoms with E-state index in [2.05, 4.69) is 15.2 Å². The Hall–Kier alpha value is -3.78. The van der Waals surface area contributed by atoms with Gasteiger partial charge in [0.1, 0.15) is 4.88 Å². The molecule has 10 heteroatoms. The van der Waals surface area contributed by atoms with Gasteiger partial charge in [0, 0.05) is 35.5 Å². The second kappa shape index (κ2) is 9.59. The molecular formula is C27H25N4O4PS. The van der Waals surface area contributed by atoms with Crippen molar-refractivity contribution in [2.45, 2.75) is 20.8 Å². The van der Waals surface area contributed by atoms with E-state index in [1.54, 1.807) is 16.6 Å². The number of carboxylic acids is 1. The first-order valence-electron chi connectivity index (χ1n) is 11.5. The Kier molecular flexibility index (Phi) is 6.45. The summed E-state index contributed by atoms with van der Waals surface area (Å²) in [6.45, 7) is 5.74. The van der Waals surface area contributed by atoms with Crippen LogP contribution in [0.15, 0.2) is 66.9 Å². The number of nitrogens with zero attached hydrogens (tertiary/aromatic N) is 3. The van der Waals surface area contributed by atoms with E-state index in [4.69, 9.17) is 4.52 Å². The van der Waals surface area contributed by atoms with E-state index < -0.39 is 13.5 Å². The molecule has 0 saturated heterocycles. The molecule has 3 heterocycles. The maximum Gasteiger partial charge on any atom is 0.348 e. The summed E-state index contributed by atoms with van der Waals surface area (Å²) in [6, 6.07) is 18.8. The van der Waals surface area contributed by atoms with Crippen molar-refractivity contribution >= 4 is 41.5 Å². The van der Waals surface area contributed by atoms with Crippen molar-refractivity contribution in [3.63, 3.8) is 0 Å². The number of fused-ring (bicyclic) bond motifs is 1. The quantitative estimate of drug-likeness (QED) is 0.236. The molecule has 0 saturated carbocycles. The summed E-state index contributed by atoms with van der Waals surface area (Å²) in [5.41, 5.74) is 6.32. The van der Waals surface area contributed by atoms with Crippen molar-refractivity contribution < 1.29 is 19.0 Å². The molecule has 0 aliphatic rings. The van der Waals surface area contributed by atoms with Crippen LogP contribution >= 0.6 is 18.9 Å². The number of aryl methyl sites for hydroxylation is 3. The van der Waals surface area contributed by atoms with Crippen molar-refractivity contribution in [2.24, 2.45) is 0 Å². The van der Waals surface area contributed by atoms with Crippen molar-refractivity contribution in [1.82, 2.24) is 14.6 Å². The molecule has 5 rings (SSSR count). The fourth-order valence-corrected chi connectivity index (χ4v) is 6.93. The summed E-state index contributed by atoms with van der Waals surface area (Å²) >= 11 is 1.11. The first kappa shape index (κ1) is 24.9. The Bertz CT molecular complexity index is 1690. The smallest absolute Gasteiger partial charge is 0.348 e. The van der Waals surface area contributed by atoms with E-state index in [-0.39, 0.29) is 10.6 Å². The zero-order chi connectivity index (χ0) is 26.3. The number of carboxylic acid groups (broad SMARTS) is 1. The van der Waals surface area contributed by atoms with Gasteiger partial charge in [-0.25, -0.2) is 14.3 Å². The fourth-order valence-electron chi connectivity index (χ4n) is 4.19. The van der Waals surface area contributed by atoms with Gasteiger partial charge >= 0.3 is 13.5 Å². The minimum atomic E-state index is -3.57. The Morgan fingerprint density at radius 3 is 2.43 bits per heavy atom. The van der Waals surface area contributed by atoms with Gasteiger partial charge in [0.25, 0.3) is 0 Å². The molecule has 2 N–H and O–H groups in total. The maximum atomic E-state index is 13.8. The summed E-state index contributed by atoms with van der Waals surface area (Å²) in [4.78, 5) is 17.3. The van der Waals surface area contributed by atoms with Crippen LogP contribution < -0.4 is 10.4 Å². The Balaban J connectivity index is 1.47. The molecule has 8 nitrogen and oxygen atoms in total. The van der Waals surface area contributed by atoms with Gasteiger partial charge in [0.05, 0.1) is 16.7 Å². The third-order valence-corrected chi connectivity index (χ3v) is 9.41. The summed E-state index contributed by atoms with van der Waals surface area (Å²) in [6.07, 6.45) is 1.87. The highest BCUT2D eigenvalue weighted by Crippen LogP contribution is 2.48. The predicted octanol–water partition coefficient (Wildman–Crippen LogP) is 6.33. The van der Waals surface area contributed by atoms with Crippen molar-refractivity contribution in [3.8, 4) is 21.7 Å². The molecule has 2 aromatic carbocycles. The van der Waals surface area contributed by atoms with Gasteiger partial charge in [-0.1, -0.05) is 42.0 Å². The van der Waals surface area contributed by atoms with Gasteiger partial charge in [-0.3, -0.25) is 4.57 Å². The van der Waals surface area contributed by atoms with Gasteiger partial charge in [-0.05, 0) is 50.1 Å². The number of hydrogen-bond donors (Lipinski definition) is 2. The zero-order valence-corrected chi connectivity index (χ0v) is 22.4. The van der Waals surface area contributed by atoms with Crippen LogP contribution in [0, 0.1) is 20.8 Å². The lowest BCUT2D eigenvalue weighted by atomic mass is 10.1. The number of aromatic carboxylic acids is 1. The van der Waals surface area contributed by atoms with E-state index in [0.29, 0.717) is 5.30 Å². The van der Waals surface area contributed by atoms with Crippen LogP contribution in [0.5, 0.6) is 0 Å². The number of rotatable bonds is 7. The van der Waals surface area contributed by atoms with E-state index >= 15 is 0 Å². The molecule has 37 heavy (non-hydrogen) atoms. The number of carbonyl (C=O) groups is 1. The van der Waals surface area contributed by atoms with Crippen molar-refractivity contribution in [3.05, 3.63) is 88.6 Å². The largest absolute Gasteiger partial charge is 0.477 e. The van der Waals surface area contributed by atoms with Crippen LogP contribution in [-0.4, -0.2) is 32.8 Å². The van der Waals surface area contributed by atoms with Crippen LogP contribution in [0.3, 0.4) is 0 Å². The predicted molar refractivity (Wildman–Crippen MR) is 147 cm³/mol. The lowest BCUT2D eigenvalue weighted by molar-refractivity contribution is 0.0703. The van der Waals surface area contributed by atoms with Gasteiger partial charge in [-0.15, -0.1) is 11.3 Å². The standard InChI is InChI=1S/C27H25N4O4PS/c1-16-5-10-23(17(2)13-16)36(34,35-4)30-22-14-24(37-26(22)27(32)33)20-8-6-19(7-9-20)21-15-25-28-18(3)11-12-31(25)29-21/h5-15H,1-4H3,(H,30,34)(H,32,33). The number of anilines is 1. The molecule has 0 fully saturated rings. The van der Waals surface area contributed by atoms with Crippen LogP contribution in [0.25, 0.3) is 27.3 Å². The molecule has 3 aromatic heterocycles. The summed E-state index contributed by atoms with van der Waals surface area (Å²) < 4.78 is 20.9. The molecule has 1 atom stereocenters. The minimum Gasteiger partial charge on any atom is -0.477 e. The number of hydrogen-bond acceptors (Lipinski definition) is 6. The third-order valence-electron chi connectivity index (χ3n) is 6.05. The number of nitrogens with one attached hydrogen (secondary N) is 1. The molecular weight excluding hydrogens is 507 g/mol. The van der Waals surface area contributed by atoms with Crippen molar-refractivity contribution in [1.29, 1.82) is 0 Å². The van der Waals surface area contributed by atoms with Crippen LogP contribution in [-0.2, 0) is 9.09 Å². The minimum absolute atomic E-state index is 0.0583. The first-order valence-corrected chi connectivity index (χ1v) is 13.9. The van der Waals surface area contributed by atoms with E-state index in [9.17, 15) is 14.5 Å². The van der Waals surface area contributed by atoms with Gasteiger partial charge < -0.3 is 14.7 Å². The molecule has 0 bridgehead atoms. The zero-order valence-electron chi connectivity index (χ0n) is 20.7. The Morgan fingerprint density at radius 2 is 1.76 bits per heavy atom. The van der Waals surface area contributed by atoms with Crippen LogP contribution in [0.1, 0.15) is 26.5 Å². The van der Waals surface area contributed by atoms with Gasteiger partial charge in [-0.2, -0.15) is 5.10 Å². The molecule has 0 aliphatic carbocycles. The molecule has 0 radical (unpaired) electrons. The Labute approximate surface area is 218 Å². The fraction of sp³-hybridized carbons (Fsp3) is 0.148.